The normalized spacial score (nSPS) is 17.9. The Morgan fingerprint density at radius 3 is 2.24 bits per heavy atom. The summed E-state index contributed by atoms with van der Waals surface area (Å²) in [5.74, 6) is -1.54. The Kier molecular flexibility index (Phi) is 5.01. The molecular formula is C24H21F3N4O2. The molecule has 2 aromatic carbocycles. The summed E-state index contributed by atoms with van der Waals surface area (Å²) in [5, 5.41) is 2.85. The Bertz CT molecular complexity index is 1300. The highest BCUT2D eigenvalue weighted by Crippen LogP contribution is 2.42. The van der Waals surface area contributed by atoms with Gasteiger partial charge < -0.3 is 14.8 Å². The summed E-state index contributed by atoms with van der Waals surface area (Å²) in [6, 6.07) is 10.9. The van der Waals surface area contributed by atoms with Gasteiger partial charge in [-0.25, -0.2) is 0 Å². The lowest BCUT2D eigenvalue weighted by atomic mass is 9.92. The van der Waals surface area contributed by atoms with E-state index in [0.29, 0.717) is 35.2 Å². The molecule has 33 heavy (non-hydrogen) atoms. The van der Waals surface area contributed by atoms with Crippen LogP contribution in [0.15, 0.2) is 48.7 Å². The smallest absolute Gasteiger partial charge is 0.369 e. The van der Waals surface area contributed by atoms with Gasteiger partial charge in [0.15, 0.2) is 0 Å². The number of hydrogen-bond donors (Lipinski definition) is 2. The van der Waals surface area contributed by atoms with E-state index in [1.807, 2.05) is 11.9 Å². The highest BCUT2D eigenvalue weighted by Gasteiger charge is 2.40. The van der Waals surface area contributed by atoms with Crippen LogP contribution in [-0.4, -0.2) is 54.9 Å². The van der Waals surface area contributed by atoms with Gasteiger partial charge in [0.1, 0.15) is 0 Å². The van der Waals surface area contributed by atoms with Crippen molar-refractivity contribution in [1.29, 1.82) is 0 Å². The molecule has 2 amide bonds. The number of piperazine rings is 1. The van der Waals surface area contributed by atoms with E-state index in [4.69, 9.17) is 0 Å². The maximum Gasteiger partial charge on any atom is 0.417 e. The number of likely N-dealkylation sites (N-methyl/N-ethyl adjacent to an activating group) is 1. The fourth-order valence-electron chi connectivity index (χ4n) is 4.50. The third-order valence-corrected chi connectivity index (χ3v) is 6.24. The first-order valence-electron chi connectivity index (χ1n) is 10.6. The monoisotopic (exact) mass is 454 g/mol. The molecule has 1 aromatic heterocycles. The zero-order chi connectivity index (χ0) is 23.3. The Hall–Kier alpha value is -3.59. The number of anilines is 1. The molecule has 0 saturated carbocycles. The Morgan fingerprint density at radius 2 is 1.55 bits per heavy atom. The minimum absolute atomic E-state index is 0.0570. The first-order chi connectivity index (χ1) is 15.7. The molecule has 0 radical (unpaired) electrons. The average Bonchev–Trinajstić information content (AvgIpc) is 3.32. The Labute approximate surface area is 187 Å². The van der Waals surface area contributed by atoms with Crippen molar-refractivity contribution < 1.29 is 22.8 Å². The molecule has 6 nitrogen and oxygen atoms in total. The standard InChI is InChI=1S/C24H21F3N4O2/c1-30-8-10-31(11-9-30)14-6-7-18(24(25,26)27)16(12-14)20-21(23(33)29-22(20)32)17-13-28-19-5-3-2-4-15(17)19/h2-7,12-13,28H,8-11H2,1H3,(H,29,32,33). The second kappa shape index (κ2) is 7.77. The molecule has 3 aromatic rings. The summed E-state index contributed by atoms with van der Waals surface area (Å²) in [5.41, 5.74) is 0.145. The fraction of sp³-hybridized carbons (Fsp3) is 0.250. The van der Waals surface area contributed by atoms with Crippen molar-refractivity contribution in [2.24, 2.45) is 0 Å². The number of carbonyl (C=O) groups is 2. The van der Waals surface area contributed by atoms with E-state index in [9.17, 15) is 22.8 Å². The van der Waals surface area contributed by atoms with Crippen LogP contribution in [0.3, 0.4) is 0 Å². The van der Waals surface area contributed by atoms with Gasteiger partial charge in [-0.1, -0.05) is 18.2 Å². The maximum atomic E-state index is 14.0. The minimum atomic E-state index is -4.69. The molecule has 0 unspecified atom stereocenters. The predicted molar refractivity (Wildman–Crippen MR) is 119 cm³/mol. The van der Waals surface area contributed by atoms with Crippen LogP contribution < -0.4 is 10.2 Å². The Balaban J connectivity index is 1.73. The average molecular weight is 454 g/mol. The zero-order valence-electron chi connectivity index (χ0n) is 17.8. The lowest BCUT2D eigenvalue weighted by Crippen LogP contribution is -2.44. The number of para-hydroxylation sites is 1. The van der Waals surface area contributed by atoms with Gasteiger partial charge in [0, 0.05) is 60.1 Å². The number of rotatable bonds is 3. The number of carbonyl (C=O) groups excluding carboxylic acids is 2. The fourth-order valence-corrected chi connectivity index (χ4v) is 4.50. The maximum absolute atomic E-state index is 14.0. The first kappa shape index (κ1) is 21.3. The number of benzene rings is 2. The third-order valence-electron chi connectivity index (χ3n) is 6.24. The summed E-state index contributed by atoms with van der Waals surface area (Å²) >= 11 is 0. The van der Waals surface area contributed by atoms with Gasteiger partial charge in [0.2, 0.25) is 0 Å². The summed E-state index contributed by atoms with van der Waals surface area (Å²) in [6.45, 7) is 2.86. The first-order valence-corrected chi connectivity index (χ1v) is 10.6. The third kappa shape index (κ3) is 3.68. The minimum Gasteiger partial charge on any atom is -0.369 e. The number of alkyl halides is 3. The van der Waals surface area contributed by atoms with Gasteiger partial charge in [0.25, 0.3) is 11.8 Å². The van der Waals surface area contributed by atoms with Gasteiger partial charge in [-0.15, -0.1) is 0 Å². The zero-order valence-corrected chi connectivity index (χ0v) is 17.8. The lowest BCUT2D eigenvalue weighted by molar-refractivity contribution is -0.137. The largest absolute Gasteiger partial charge is 0.417 e. The number of hydrogen-bond acceptors (Lipinski definition) is 4. The van der Waals surface area contributed by atoms with Gasteiger partial charge in [-0.05, 0) is 31.3 Å². The highest BCUT2D eigenvalue weighted by molar-refractivity contribution is 6.50. The molecule has 170 valence electrons. The van der Waals surface area contributed by atoms with E-state index in [0.717, 1.165) is 19.2 Å². The van der Waals surface area contributed by atoms with Crippen molar-refractivity contribution >= 4 is 39.6 Å². The van der Waals surface area contributed by atoms with Crippen molar-refractivity contribution in [3.63, 3.8) is 0 Å². The SMILES string of the molecule is CN1CCN(c2ccc(C(F)(F)F)c(C3=C(c4c[nH]c5ccccc45)C(=O)NC3=O)c2)CC1. The molecule has 3 heterocycles. The van der Waals surface area contributed by atoms with Crippen LogP contribution in [0.1, 0.15) is 16.7 Å². The van der Waals surface area contributed by atoms with Gasteiger partial charge in [-0.2, -0.15) is 13.2 Å². The van der Waals surface area contributed by atoms with Crippen LogP contribution in [0.2, 0.25) is 0 Å². The van der Waals surface area contributed by atoms with Gasteiger partial charge >= 0.3 is 6.18 Å². The number of aromatic nitrogens is 1. The molecular weight excluding hydrogens is 433 g/mol. The molecule has 0 bridgehead atoms. The molecule has 2 aliphatic heterocycles. The number of aromatic amines is 1. The molecule has 1 fully saturated rings. The van der Waals surface area contributed by atoms with E-state index in [1.54, 1.807) is 30.5 Å². The molecule has 0 atom stereocenters. The van der Waals surface area contributed by atoms with Gasteiger partial charge in [-0.3, -0.25) is 14.9 Å². The van der Waals surface area contributed by atoms with Crippen molar-refractivity contribution in [2.75, 3.05) is 38.1 Å². The lowest BCUT2D eigenvalue weighted by Gasteiger charge is -2.34. The van der Waals surface area contributed by atoms with Crippen LogP contribution in [0.5, 0.6) is 0 Å². The second-order valence-electron chi connectivity index (χ2n) is 8.30. The molecule has 2 aliphatic rings. The summed E-state index contributed by atoms with van der Waals surface area (Å²) < 4.78 is 42.0. The van der Waals surface area contributed by atoms with Crippen molar-refractivity contribution in [2.45, 2.75) is 6.18 Å². The van der Waals surface area contributed by atoms with E-state index in [-0.39, 0.29) is 16.7 Å². The van der Waals surface area contributed by atoms with E-state index >= 15 is 0 Å². The highest BCUT2D eigenvalue weighted by atomic mass is 19.4. The number of nitrogens with zero attached hydrogens (tertiary/aromatic N) is 2. The number of amides is 2. The molecule has 0 aliphatic carbocycles. The number of halogens is 3. The predicted octanol–water partition coefficient (Wildman–Crippen LogP) is 3.51. The van der Waals surface area contributed by atoms with Crippen LogP contribution >= 0.6 is 0 Å². The topological polar surface area (TPSA) is 68.4 Å². The molecule has 5 rings (SSSR count). The molecule has 9 heteroatoms. The van der Waals surface area contributed by atoms with E-state index < -0.39 is 23.6 Å². The van der Waals surface area contributed by atoms with Gasteiger partial charge in [0.05, 0.1) is 16.7 Å². The molecule has 0 spiro atoms. The summed E-state index contributed by atoms with van der Waals surface area (Å²) in [7, 11) is 1.99. The molecule has 1 saturated heterocycles. The van der Waals surface area contributed by atoms with Crippen LogP contribution in [-0.2, 0) is 15.8 Å². The molecule has 2 N–H and O–H groups in total. The number of fused-ring (bicyclic) bond motifs is 1. The Morgan fingerprint density at radius 1 is 0.879 bits per heavy atom. The summed E-state index contributed by atoms with van der Waals surface area (Å²) in [4.78, 5) is 32.8. The van der Waals surface area contributed by atoms with Crippen molar-refractivity contribution in [1.82, 2.24) is 15.2 Å². The van der Waals surface area contributed by atoms with E-state index in [2.05, 4.69) is 15.2 Å². The van der Waals surface area contributed by atoms with Crippen LogP contribution in [0, 0.1) is 0 Å². The van der Waals surface area contributed by atoms with Crippen molar-refractivity contribution in [3.8, 4) is 0 Å². The number of nitrogens with one attached hydrogen (secondary N) is 2. The van der Waals surface area contributed by atoms with Crippen LogP contribution in [0.25, 0.3) is 22.0 Å². The number of H-pyrrole nitrogens is 1. The quantitative estimate of drug-likeness (QED) is 0.595. The van der Waals surface area contributed by atoms with Crippen LogP contribution in [0.4, 0.5) is 18.9 Å². The summed E-state index contributed by atoms with van der Waals surface area (Å²) in [6.07, 6.45) is -3.14. The number of imide groups is 1. The van der Waals surface area contributed by atoms with Crippen molar-refractivity contribution in [3.05, 3.63) is 65.4 Å². The van der Waals surface area contributed by atoms with E-state index in [1.165, 1.54) is 12.1 Å². The second-order valence-corrected chi connectivity index (χ2v) is 8.30.